The van der Waals surface area contributed by atoms with Crippen molar-refractivity contribution in [3.05, 3.63) is 23.9 Å². The van der Waals surface area contributed by atoms with Crippen LogP contribution < -0.4 is 4.74 Å². The molecular formula is C12H17NO2. The van der Waals surface area contributed by atoms with Crippen LogP contribution >= 0.6 is 0 Å². The van der Waals surface area contributed by atoms with Gasteiger partial charge in [-0.15, -0.1) is 0 Å². The van der Waals surface area contributed by atoms with Crippen molar-refractivity contribution in [2.75, 3.05) is 0 Å². The maximum Gasteiger partial charge on any atom is 0.213 e. The van der Waals surface area contributed by atoms with Gasteiger partial charge in [0.05, 0.1) is 6.10 Å². The van der Waals surface area contributed by atoms with E-state index in [-0.39, 0.29) is 11.9 Å². The molecule has 0 amide bonds. The summed E-state index contributed by atoms with van der Waals surface area (Å²) in [4.78, 5) is 15.4. The van der Waals surface area contributed by atoms with Crippen LogP contribution in [-0.4, -0.2) is 16.9 Å². The van der Waals surface area contributed by atoms with Crippen molar-refractivity contribution in [1.82, 2.24) is 4.98 Å². The highest BCUT2D eigenvalue weighted by Crippen LogP contribution is 2.11. The van der Waals surface area contributed by atoms with Crippen LogP contribution in [0.25, 0.3) is 0 Å². The quantitative estimate of drug-likeness (QED) is 0.697. The lowest BCUT2D eigenvalue weighted by atomic mass is 10.1. The molecule has 0 aromatic carbocycles. The first-order valence-electron chi connectivity index (χ1n) is 5.33. The van der Waals surface area contributed by atoms with Crippen molar-refractivity contribution in [2.24, 2.45) is 0 Å². The van der Waals surface area contributed by atoms with Gasteiger partial charge < -0.3 is 4.74 Å². The van der Waals surface area contributed by atoms with Gasteiger partial charge in [0.2, 0.25) is 5.88 Å². The molecule has 3 nitrogen and oxygen atoms in total. The van der Waals surface area contributed by atoms with Crippen LogP contribution in [0.2, 0.25) is 0 Å². The monoisotopic (exact) mass is 207 g/mol. The number of aromatic nitrogens is 1. The molecule has 3 heteroatoms. The fourth-order valence-corrected chi connectivity index (χ4v) is 1.11. The molecule has 1 atom stereocenters. The Morgan fingerprint density at radius 2 is 2.20 bits per heavy atom. The van der Waals surface area contributed by atoms with Gasteiger partial charge >= 0.3 is 0 Å². The van der Waals surface area contributed by atoms with Gasteiger partial charge in [0.25, 0.3) is 0 Å². The number of hydrogen-bond acceptors (Lipinski definition) is 3. The summed E-state index contributed by atoms with van der Waals surface area (Å²) in [7, 11) is 0. The van der Waals surface area contributed by atoms with Crippen molar-refractivity contribution in [2.45, 2.75) is 39.7 Å². The molecule has 15 heavy (non-hydrogen) atoms. The van der Waals surface area contributed by atoms with Gasteiger partial charge in [-0.05, 0) is 19.4 Å². The third-order valence-electron chi connectivity index (χ3n) is 2.28. The molecule has 0 bridgehead atoms. The molecule has 0 saturated carbocycles. The smallest absolute Gasteiger partial charge is 0.213 e. The number of pyridine rings is 1. The Morgan fingerprint density at radius 3 is 2.67 bits per heavy atom. The molecule has 1 heterocycles. The standard InChI is InChI=1S/C12H17NO2/c1-4-9(3)15-12-7-6-10(8-13-12)11(14)5-2/h6-9H,4-5H2,1-3H3. The van der Waals surface area contributed by atoms with Crippen LogP contribution in [0, 0.1) is 0 Å². The largest absolute Gasteiger partial charge is 0.475 e. The van der Waals surface area contributed by atoms with Crippen molar-refractivity contribution in [1.29, 1.82) is 0 Å². The highest BCUT2D eigenvalue weighted by atomic mass is 16.5. The van der Waals surface area contributed by atoms with Crippen LogP contribution in [0.15, 0.2) is 18.3 Å². The van der Waals surface area contributed by atoms with Gasteiger partial charge in [-0.3, -0.25) is 4.79 Å². The van der Waals surface area contributed by atoms with E-state index in [1.807, 2.05) is 13.8 Å². The minimum atomic E-state index is 0.109. The molecule has 0 aliphatic rings. The number of carbonyl (C=O) groups excluding carboxylic acids is 1. The molecule has 0 saturated heterocycles. The highest BCUT2D eigenvalue weighted by molar-refractivity contribution is 5.95. The Balaban J connectivity index is 2.68. The zero-order valence-corrected chi connectivity index (χ0v) is 9.49. The summed E-state index contributed by atoms with van der Waals surface area (Å²) in [6.07, 6.45) is 3.18. The average Bonchev–Trinajstić information content (AvgIpc) is 2.29. The maximum absolute atomic E-state index is 11.3. The molecular weight excluding hydrogens is 190 g/mol. The van der Waals surface area contributed by atoms with Crippen molar-refractivity contribution >= 4 is 5.78 Å². The second-order valence-electron chi connectivity index (χ2n) is 3.50. The Labute approximate surface area is 90.5 Å². The molecule has 82 valence electrons. The predicted molar refractivity (Wildman–Crippen MR) is 59.2 cm³/mol. The first kappa shape index (κ1) is 11.7. The number of carbonyl (C=O) groups is 1. The van der Waals surface area contributed by atoms with Gasteiger partial charge in [-0.1, -0.05) is 13.8 Å². The van der Waals surface area contributed by atoms with Crippen molar-refractivity contribution < 1.29 is 9.53 Å². The first-order valence-corrected chi connectivity index (χ1v) is 5.33. The van der Waals surface area contributed by atoms with Crippen LogP contribution in [0.1, 0.15) is 44.0 Å². The van der Waals surface area contributed by atoms with Crippen LogP contribution in [0.4, 0.5) is 0 Å². The van der Waals surface area contributed by atoms with E-state index in [1.54, 1.807) is 18.3 Å². The van der Waals surface area contributed by atoms with Gasteiger partial charge in [-0.2, -0.15) is 0 Å². The zero-order chi connectivity index (χ0) is 11.3. The minimum absolute atomic E-state index is 0.109. The highest BCUT2D eigenvalue weighted by Gasteiger charge is 2.05. The molecule has 0 spiro atoms. The summed E-state index contributed by atoms with van der Waals surface area (Å²) in [5.41, 5.74) is 0.647. The fraction of sp³-hybridized carbons (Fsp3) is 0.500. The lowest BCUT2D eigenvalue weighted by Gasteiger charge is -2.11. The van der Waals surface area contributed by atoms with Gasteiger partial charge in [-0.25, -0.2) is 4.98 Å². The Hall–Kier alpha value is -1.38. The second kappa shape index (κ2) is 5.49. The van der Waals surface area contributed by atoms with E-state index in [2.05, 4.69) is 11.9 Å². The SMILES string of the molecule is CCC(=O)c1ccc(OC(C)CC)nc1. The first-order chi connectivity index (χ1) is 7.17. The van der Waals surface area contributed by atoms with E-state index < -0.39 is 0 Å². The number of rotatable bonds is 5. The average molecular weight is 207 g/mol. The molecule has 1 rings (SSSR count). The minimum Gasteiger partial charge on any atom is -0.475 e. The number of Topliss-reactive ketones (excluding diaryl/α,β-unsaturated/α-hetero) is 1. The van der Waals surface area contributed by atoms with E-state index in [9.17, 15) is 4.79 Å². The number of ether oxygens (including phenoxy) is 1. The molecule has 0 aliphatic heterocycles. The summed E-state index contributed by atoms with van der Waals surface area (Å²) in [5.74, 6) is 0.689. The Morgan fingerprint density at radius 1 is 1.47 bits per heavy atom. The van der Waals surface area contributed by atoms with Crippen LogP contribution in [0.5, 0.6) is 5.88 Å². The molecule has 0 fully saturated rings. The second-order valence-corrected chi connectivity index (χ2v) is 3.50. The number of nitrogens with zero attached hydrogens (tertiary/aromatic N) is 1. The van der Waals surface area contributed by atoms with Crippen molar-refractivity contribution in [3.63, 3.8) is 0 Å². The summed E-state index contributed by atoms with van der Waals surface area (Å²) >= 11 is 0. The third kappa shape index (κ3) is 3.35. The molecule has 1 aromatic heterocycles. The maximum atomic E-state index is 11.3. The summed E-state index contributed by atoms with van der Waals surface area (Å²) in [5, 5.41) is 0. The van der Waals surface area contributed by atoms with Crippen LogP contribution in [-0.2, 0) is 0 Å². The van der Waals surface area contributed by atoms with E-state index in [0.717, 1.165) is 6.42 Å². The van der Waals surface area contributed by atoms with Crippen LogP contribution in [0.3, 0.4) is 0 Å². The molecule has 1 aromatic rings. The van der Waals surface area contributed by atoms with Gasteiger partial charge in [0, 0.05) is 24.2 Å². The topological polar surface area (TPSA) is 39.2 Å². The third-order valence-corrected chi connectivity index (χ3v) is 2.28. The lowest BCUT2D eigenvalue weighted by Crippen LogP contribution is -2.10. The van der Waals surface area contributed by atoms with Crippen molar-refractivity contribution in [3.8, 4) is 5.88 Å². The number of hydrogen-bond donors (Lipinski definition) is 0. The fourth-order valence-electron chi connectivity index (χ4n) is 1.11. The summed E-state index contributed by atoms with van der Waals surface area (Å²) in [6, 6.07) is 3.51. The molecule has 0 aliphatic carbocycles. The predicted octanol–water partition coefficient (Wildman–Crippen LogP) is 2.85. The van der Waals surface area contributed by atoms with E-state index in [4.69, 9.17) is 4.74 Å². The number of ketones is 1. The molecule has 0 N–H and O–H groups in total. The molecule has 1 unspecified atom stereocenters. The van der Waals surface area contributed by atoms with E-state index in [1.165, 1.54) is 0 Å². The molecule has 0 radical (unpaired) electrons. The zero-order valence-electron chi connectivity index (χ0n) is 9.49. The van der Waals surface area contributed by atoms with E-state index >= 15 is 0 Å². The normalized spacial score (nSPS) is 12.2. The summed E-state index contributed by atoms with van der Waals surface area (Å²) in [6.45, 7) is 5.89. The summed E-state index contributed by atoms with van der Waals surface area (Å²) < 4.78 is 5.51. The lowest BCUT2D eigenvalue weighted by molar-refractivity contribution is 0.0987. The van der Waals surface area contributed by atoms with E-state index in [0.29, 0.717) is 17.9 Å². The Bertz CT molecular complexity index is 319. The van der Waals surface area contributed by atoms with Gasteiger partial charge in [0.15, 0.2) is 5.78 Å². The Kier molecular flexibility index (Phi) is 4.28. The van der Waals surface area contributed by atoms with Gasteiger partial charge in [0.1, 0.15) is 0 Å².